The molecule has 230 valence electrons. The van der Waals surface area contributed by atoms with E-state index in [1.165, 1.54) is 89.7 Å². The van der Waals surface area contributed by atoms with Gasteiger partial charge in [-0.1, -0.05) is 108 Å². The van der Waals surface area contributed by atoms with E-state index in [4.69, 9.17) is 0 Å². The molecule has 0 bridgehead atoms. The van der Waals surface area contributed by atoms with E-state index < -0.39 is 7.92 Å². The second kappa shape index (κ2) is 12.1. The average molecular weight is 602 g/mol. The van der Waals surface area contributed by atoms with Gasteiger partial charge in [-0.2, -0.15) is 0 Å². The van der Waals surface area contributed by atoms with Crippen molar-refractivity contribution in [3.63, 3.8) is 0 Å². The second-order valence-electron chi connectivity index (χ2n) is 15.4. The van der Waals surface area contributed by atoms with Crippen LogP contribution in [0.4, 0.5) is 5.69 Å². The molecule has 0 unspecified atom stereocenters. The predicted octanol–water partition coefficient (Wildman–Crippen LogP) is 9.53. The van der Waals surface area contributed by atoms with Crippen molar-refractivity contribution >= 4 is 29.5 Å². The van der Waals surface area contributed by atoms with E-state index in [0.29, 0.717) is 0 Å². The number of nitrogens with zero attached hydrogens (tertiary/aromatic N) is 1. The van der Waals surface area contributed by atoms with Crippen LogP contribution in [-0.2, 0) is 36.5 Å². The Kier molecular flexibility index (Phi) is 8.58. The molecule has 0 aromatic heterocycles. The first-order valence-corrected chi connectivity index (χ1v) is 18.3. The smallest absolute Gasteiger partial charge is 0.0444 e. The fourth-order valence-corrected chi connectivity index (χ4v) is 9.84. The van der Waals surface area contributed by atoms with Crippen LogP contribution in [-0.4, -0.2) is 14.1 Å². The molecule has 4 aromatic carbocycles. The summed E-state index contributed by atoms with van der Waals surface area (Å²) in [7, 11) is 3.71. The van der Waals surface area contributed by atoms with E-state index >= 15 is 0 Å². The van der Waals surface area contributed by atoms with Crippen molar-refractivity contribution < 1.29 is 0 Å². The zero-order chi connectivity index (χ0) is 31.2. The Morgan fingerprint density at radius 1 is 0.500 bits per heavy atom. The first kappa shape index (κ1) is 31.1. The lowest BCUT2D eigenvalue weighted by atomic mass is 9.80. The summed E-state index contributed by atoms with van der Waals surface area (Å²) in [5, 5.41) is 4.43. The highest BCUT2D eigenvalue weighted by molar-refractivity contribution is 7.80. The molecule has 44 heavy (non-hydrogen) atoms. The minimum absolute atomic E-state index is 0.135. The van der Waals surface area contributed by atoms with Crippen LogP contribution < -0.4 is 20.8 Å². The van der Waals surface area contributed by atoms with Gasteiger partial charge in [-0.25, -0.2) is 0 Å². The van der Waals surface area contributed by atoms with Crippen molar-refractivity contribution in [2.75, 3.05) is 19.0 Å². The monoisotopic (exact) mass is 601 g/mol. The Morgan fingerprint density at radius 3 is 1.39 bits per heavy atom. The molecule has 0 spiro atoms. The third-order valence-electron chi connectivity index (χ3n) is 9.98. The van der Waals surface area contributed by atoms with Crippen LogP contribution >= 0.6 is 7.92 Å². The maximum absolute atomic E-state index is 2.54. The largest absolute Gasteiger partial charge is 0.377 e. The van der Waals surface area contributed by atoms with E-state index in [0.717, 1.165) is 0 Å². The number of aryl methyl sites for hydroxylation is 2. The van der Waals surface area contributed by atoms with E-state index in [1.54, 1.807) is 27.8 Å². The molecular formula is C42H52NP. The fraction of sp³-hybridized carbons (Fsp3) is 0.429. The molecule has 0 atom stereocenters. The summed E-state index contributed by atoms with van der Waals surface area (Å²) < 4.78 is 0. The van der Waals surface area contributed by atoms with E-state index in [-0.39, 0.29) is 10.8 Å². The highest BCUT2D eigenvalue weighted by Crippen LogP contribution is 2.46. The first-order valence-electron chi connectivity index (χ1n) is 16.9. The van der Waals surface area contributed by atoms with Gasteiger partial charge in [0.15, 0.2) is 0 Å². The Bertz CT molecular complexity index is 1570. The van der Waals surface area contributed by atoms with E-state index in [1.807, 2.05) is 0 Å². The maximum Gasteiger partial charge on any atom is 0.0444 e. The van der Waals surface area contributed by atoms with Crippen molar-refractivity contribution in [2.24, 2.45) is 0 Å². The highest BCUT2D eigenvalue weighted by Gasteiger charge is 2.30. The Labute approximate surface area is 268 Å². The third-order valence-corrected chi connectivity index (χ3v) is 12.5. The van der Waals surface area contributed by atoms with Crippen molar-refractivity contribution in [3.05, 3.63) is 106 Å². The molecular weight excluding hydrogens is 549 g/mol. The molecule has 6 rings (SSSR count). The molecule has 1 nitrogen and oxygen atoms in total. The molecule has 0 saturated carbocycles. The first-order chi connectivity index (χ1) is 20.9. The third kappa shape index (κ3) is 6.02. The summed E-state index contributed by atoms with van der Waals surface area (Å²) >= 11 is 0. The topological polar surface area (TPSA) is 3.24 Å². The molecule has 0 N–H and O–H groups in total. The van der Waals surface area contributed by atoms with Crippen LogP contribution in [0.25, 0.3) is 11.1 Å². The van der Waals surface area contributed by atoms with Crippen LogP contribution in [0.3, 0.4) is 0 Å². The predicted molar refractivity (Wildman–Crippen MR) is 196 cm³/mol. The summed E-state index contributed by atoms with van der Waals surface area (Å²) in [6.45, 7) is 13.9. The van der Waals surface area contributed by atoms with Gasteiger partial charge in [0.05, 0.1) is 0 Å². The van der Waals surface area contributed by atoms with Crippen LogP contribution in [0, 0.1) is 0 Å². The number of rotatable bonds is 5. The molecule has 0 amide bonds. The van der Waals surface area contributed by atoms with Crippen LogP contribution in [0.2, 0.25) is 0 Å². The van der Waals surface area contributed by atoms with Gasteiger partial charge in [-0.15, -0.1) is 0 Å². The number of hydrogen-bond acceptors (Lipinski definition) is 1. The van der Waals surface area contributed by atoms with Gasteiger partial charge in [0.25, 0.3) is 0 Å². The lowest BCUT2D eigenvalue weighted by Gasteiger charge is -2.33. The van der Waals surface area contributed by atoms with Crippen LogP contribution in [0.15, 0.2) is 72.8 Å². The van der Waals surface area contributed by atoms with E-state index in [9.17, 15) is 0 Å². The van der Waals surface area contributed by atoms with Crippen molar-refractivity contribution in [1.29, 1.82) is 0 Å². The molecule has 0 saturated heterocycles. The van der Waals surface area contributed by atoms with Gasteiger partial charge >= 0.3 is 0 Å². The number of fused-ring (bicyclic) bond motifs is 2. The second-order valence-corrected chi connectivity index (χ2v) is 17.6. The number of hydrogen-bond donors (Lipinski definition) is 0. The molecule has 0 radical (unpaired) electrons. The maximum atomic E-state index is 2.54. The van der Waals surface area contributed by atoms with Gasteiger partial charge in [0.2, 0.25) is 0 Å². The van der Waals surface area contributed by atoms with E-state index in [2.05, 4.69) is 133 Å². The summed E-state index contributed by atoms with van der Waals surface area (Å²) in [6.07, 6.45) is 9.97. The number of benzene rings is 4. The molecule has 0 aliphatic heterocycles. The Balaban J connectivity index is 1.66. The minimum Gasteiger partial charge on any atom is -0.377 e. The molecule has 0 fully saturated rings. The van der Waals surface area contributed by atoms with Gasteiger partial charge < -0.3 is 4.90 Å². The Morgan fingerprint density at radius 2 is 0.932 bits per heavy atom. The number of anilines is 1. The Hall–Kier alpha value is -2.89. The summed E-state index contributed by atoms with van der Waals surface area (Å²) in [4.78, 5) is 2.37. The zero-order valence-corrected chi connectivity index (χ0v) is 29.4. The van der Waals surface area contributed by atoms with Gasteiger partial charge in [0, 0.05) is 25.3 Å². The highest BCUT2D eigenvalue weighted by atomic mass is 31.1. The van der Waals surface area contributed by atoms with Crippen molar-refractivity contribution in [1.82, 2.24) is 0 Å². The lowest BCUT2D eigenvalue weighted by Crippen LogP contribution is -2.26. The standard InChI is InChI=1S/C42H52NP/c1-41(2,3)31-19-23-33(24-20-31)44(34-25-21-32(22-26-34)42(4,5)6)38-28-18-30-14-10-12-16-36(30)40(38)39-35-15-11-9-13-29(35)17-27-37(39)43(7)8/h17-28H,9-16H2,1-8H3. The quantitative estimate of drug-likeness (QED) is 0.206. The molecule has 0 heterocycles. The summed E-state index contributed by atoms with van der Waals surface area (Å²) in [6, 6.07) is 29.2. The lowest BCUT2D eigenvalue weighted by molar-refractivity contribution is 0.590. The van der Waals surface area contributed by atoms with Gasteiger partial charge in [-0.05, 0) is 131 Å². The molecule has 4 aromatic rings. The van der Waals surface area contributed by atoms with Crippen LogP contribution in [0.1, 0.15) is 101 Å². The molecule has 2 heteroatoms. The summed E-state index contributed by atoms with van der Waals surface area (Å²) in [5.41, 5.74) is 13.9. The average Bonchev–Trinajstić information content (AvgIpc) is 3.00. The fourth-order valence-electron chi connectivity index (χ4n) is 7.40. The van der Waals surface area contributed by atoms with Crippen molar-refractivity contribution in [3.8, 4) is 11.1 Å². The normalized spacial score (nSPS) is 15.2. The summed E-state index contributed by atoms with van der Waals surface area (Å²) in [5.74, 6) is 0. The van der Waals surface area contributed by atoms with Crippen LogP contribution in [0.5, 0.6) is 0 Å². The van der Waals surface area contributed by atoms with Gasteiger partial charge in [-0.3, -0.25) is 0 Å². The van der Waals surface area contributed by atoms with Crippen molar-refractivity contribution in [2.45, 2.75) is 104 Å². The SMILES string of the molecule is CN(C)c1ccc2c(c1-c1c(P(c3ccc(C(C)(C)C)cc3)c3ccc(C(C)(C)C)cc3)ccc3c1CCCC3)CCCC2. The molecule has 2 aliphatic carbocycles. The minimum atomic E-state index is -0.766. The zero-order valence-electron chi connectivity index (χ0n) is 28.5. The van der Waals surface area contributed by atoms with Gasteiger partial charge in [0.1, 0.15) is 0 Å². The molecule has 2 aliphatic rings.